The number of hydrogen-bond acceptors (Lipinski definition) is 4. The fourth-order valence-electron chi connectivity index (χ4n) is 2.00. The molecule has 1 aliphatic rings. The highest BCUT2D eigenvalue weighted by Gasteiger charge is 2.17. The molecule has 1 aromatic heterocycles. The van der Waals surface area contributed by atoms with Crippen LogP contribution in [0.25, 0.3) is 0 Å². The zero-order valence-electron chi connectivity index (χ0n) is 9.48. The van der Waals surface area contributed by atoms with Gasteiger partial charge >= 0.3 is 0 Å². The third-order valence-electron chi connectivity index (χ3n) is 3.08. The van der Waals surface area contributed by atoms with Crippen molar-refractivity contribution in [3.05, 3.63) is 29.6 Å². The second-order valence-electron chi connectivity index (χ2n) is 4.05. The zero-order chi connectivity index (χ0) is 11.4. The Morgan fingerprint density at radius 2 is 2.19 bits per heavy atom. The van der Waals surface area contributed by atoms with Gasteiger partial charge in [-0.25, -0.2) is 4.98 Å². The largest absolute Gasteiger partial charge is 0.314 e. The second-order valence-corrected chi connectivity index (χ2v) is 4.05. The minimum Gasteiger partial charge on any atom is -0.314 e. The molecule has 84 valence electrons. The molecule has 0 spiro atoms. The number of nitriles is 1. The van der Waals surface area contributed by atoms with Gasteiger partial charge in [-0.1, -0.05) is 6.07 Å². The van der Waals surface area contributed by atoms with E-state index in [4.69, 9.17) is 5.26 Å². The minimum atomic E-state index is 0.377. The fourth-order valence-corrected chi connectivity index (χ4v) is 2.00. The van der Waals surface area contributed by atoms with Crippen LogP contribution in [0, 0.1) is 11.3 Å². The average Bonchev–Trinajstić information content (AvgIpc) is 2.39. The number of aromatic nitrogens is 1. The van der Waals surface area contributed by atoms with Crippen molar-refractivity contribution in [1.29, 1.82) is 5.26 Å². The maximum Gasteiger partial charge on any atom is 0.140 e. The van der Waals surface area contributed by atoms with E-state index in [9.17, 15) is 0 Å². The molecule has 1 saturated heterocycles. The van der Waals surface area contributed by atoms with E-state index in [-0.39, 0.29) is 0 Å². The summed E-state index contributed by atoms with van der Waals surface area (Å²) in [6.07, 6.45) is 1.81. The number of hydrogen-bond donors (Lipinski definition) is 1. The van der Waals surface area contributed by atoms with Crippen molar-refractivity contribution in [2.45, 2.75) is 13.0 Å². The van der Waals surface area contributed by atoms with E-state index in [1.54, 1.807) is 6.07 Å². The lowest BCUT2D eigenvalue weighted by Crippen LogP contribution is -2.44. The summed E-state index contributed by atoms with van der Waals surface area (Å²) in [4.78, 5) is 6.54. The van der Waals surface area contributed by atoms with Gasteiger partial charge in [-0.15, -0.1) is 0 Å². The quantitative estimate of drug-likeness (QED) is 0.798. The van der Waals surface area contributed by atoms with Gasteiger partial charge in [0.05, 0.1) is 0 Å². The summed E-state index contributed by atoms with van der Waals surface area (Å²) >= 11 is 0. The van der Waals surface area contributed by atoms with Crippen LogP contribution in [0.5, 0.6) is 0 Å². The molecule has 2 heterocycles. The molecule has 4 heteroatoms. The van der Waals surface area contributed by atoms with Crippen LogP contribution in [0.3, 0.4) is 0 Å². The molecule has 0 saturated carbocycles. The molecule has 1 N–H and O–H groups in total. The molecule has 1 aliphatic heterocycles. The first-order chi connectivity index (χ1) is 7.81. The number of nitrogens with zero attached hydrogens (tertiary/aromatic N) is 3. The molecule has 1 atom stereocenters. The maximum atomic E-state index is 8.68. The summed E-state index contributed by atoms with van der Waals surface area (Å²) in [7, 11) is 0. The van der Waals surface area contributed by atoms with Crippen molar-refractivity contribution in [2.75, 3.05) is 26.2 Å². The number of rotatable bonds is 2. The predicted octanol–water partition coefficient (Wildman–Crippen LogP) is 0.919. The number of pyridine rings is 1. The molecule has 2 rings (SSSR count). The molecule has 0 radical (unpaired) electrons. The SMILES string of the molecule is CC(c1ccc(C#N)nc1)N1CCNCC1. The molecular formula is C12H16N4. The standard InChI is InChI=1S/C12H16N4/c1-10(16-6-4-14-5-7-16)11-2-3-12(8-13)15-9-11/h2-3,9-10,14H,4-7H2,1H3. The van der Waals surface area contributed by atoms with E-state index in [0.29, 0.717) is 11.7 Å². The van der Waals surface area contributed by atoms with E-state index in [2.05, 4.69) is 22.1 Å². The molecule has 1 fully saturated rings. The molecule has 16 heavy (non-hydrogen) atoms. The van der Waals surface area contributed by atoms with Crippen LogP contribution in [0.15, 0.2) is 18.3 Å². The molecule has 0 bridgehead atoms. The lowest BCUT2D eigenvalue weighted by Gasteiger charge is -2.32. The van der Waals surface area contributed by atoms with Gasteiger partial charge in [0.15, 0.2) is 0 Å². The molecule has 0 aliphatic carbocycles. The van der Waals surface area contributed by atoms with E-state index < -0.39 is 0 Å². The van der Waals surface area contributed by atoms with Gasteiger partial charge < -0.3 is 5.32 Å². The van der Waals surface area contributed by atoms with Crippen LogP contribution in [0.2, 0.25) is 0 Å². The number of piperazine rings is 1. The molecule has 4 nitrogen and oxygen atoms in total. The third kappa shape index (κ3) is 2.38. The van der Waals surface area contributed by atoms with Crippen LogP contribution in [-0.2, 0) is 0 Å². The molecule has 0 aromatic carbocycles. The lowest BCUT2D eigenvalue weighted by atomic mass is 10.1. The van der Waals surface area contributed by atoms with Gasteiger partial charge in [-0.3, -0.25) is 4.90 Å². The topological polar surface area (TPSA) is 52.0 Å². The van der Waals surface area contributed by atoms with Gasteiger partial charge in [0.25, 0.3) is 0 Å². The van der Waals surface area contributed by atoms with Crippen LogP contribution < -0.4 is 5.32 Å². The average molecular weight is 216 g/mol. The predicted molar refractivity (Wildman–Crippen MR) is 61.8 cm³/mol. The summed E-state index contributed by atoms with van der Waals surface area (Å²) in [6.45, 7) is 6.43. The normalized spacial score (nSPS) is 19.0. The first kappa shape index (κ1) is 11.1. The molecule has 1 unspecified atom stereocenters. The van der Waals surface area contributed by atoms with Crippen LogP contribution >= 0.6 is 0 Å². The highest BCUT2D eigenvalue weighted by Crippen LogP contribution is 2.19. The van der Waals surface area contributed by atoms with Crippen molar-refractivity contribution in [3.63, 3.8) is 0 Å². The van der Waals surface area contributed by atoms with Crippen LogP contribution in [0.4, 0.5) is 0 Å². The van der Waals surface area contributed by atoms with Crippen molar-refractivity contribution in [1.82, 2.24) is 15.2 Å². The lowest BCUT2D eigenvalue weighted by molar-refractivity contribution is 0.185. The summed E-state index contributed by atoms with van der Waals surface area (Å²) in [5, 5.41) is 12.0. The monoisotopic (exact) mass is 216 g/mol. The molecule has 1 aromatic rings. The fraction of sp³-hybridized carbons (Fsp3) is 0.500. The number of nitrogens with one attached hydrogen (secondary N) is 1. The highest BCUT2D eigenvalue weighted by molar-refractivity contribution is 5.24. The Kier molecular flexibility index (Phi) is 3.50. The summed E-state index contributed by atoms with van der Waals surface area (Å²) in [6, 6.07) is 6.20. The Morgan fingerprint density at radius 1 is 1.44 bits per heavy atom. The van der Waals surface area contributed by atoms with Crippen molar-refractivity contribution < 1.29 is 0 Å². The maximum absolute atomic E-state index is 8.68. The van der Waals surface area contributed by atoms with E-state index >= 15 is 0 Å². The molecular weight excluding hydrogens is 200 g/mol. The van der Waals surface area contributed by atoms with E-state index in [0.717, 1.165) is 26.2 Å². The summed E-state index contributed by atoms with van der Waals surface area (Å²) in [5.74, 6) is 0. The Morgan fingerprint density at radius 3 is 2.75 bits per heavy atom. The summed E-state index contributed by atoms with van der Waals surface area (Å²) in [5.41, 5.74) is 1.66. The molecule has 0 amide bonds. The van der Waals surface area contributed by atoms with E-state index in [1.807, 2.05) is 18.3 Å². The first-order valence-corrected chi connectivity index (χ1v) is 5.62. The van der Waals surface area contributed by atoms with Gasteiger partial charge in [0.2, 0.25) is 0 Å². The van der Waals surface area contributed by atoms with Gasteiger partial charge in [0.1, 0.15) is 11.8 Å². The second kappa shape index (κ2) is 5.06. The van der Waals surface area contributed by atoms with Gasteiger partial charge in [0, 0.05) is 38.4 Å². The minimum absolute atomic E-state index is 0.377. The third-order valence-corrected chi connectivity index (χ3v) is 3.08. The Labute approximate surface area is 95.9 Å². The Balaban J connectivity index is 2.07. The van der Waals surface area contributed by atoms with Crippen molar-refractivity contribution in [3.8, 4) is 6.07 Å². The Hall–Kier alpha value is -1.44. The Bertz CT molecular complexity index is 373. The van der Waals surface area contributed by atoms with Crippen molar-refractivity contribution >= 4 is 0 Å². The van der Waals surface area contributed by atoms with Gasteiger partial charge in [-0.05, 0) is 18.6 Å². The van der Waals surface area contributed by atoms with E-state index in [1.165, 1.54) is 5.56 Å². The van der Waals surface area contributed by atoms with Crippen LogP contribution in [-0.4, -0.2) is 36.1 Å². The highest BCUT2D eigenvalue weighted by atomic mass is 15.2. The van der Waals surface area contributed by atoms with Crippen LogP contribution in [0.1, 0.15) is 24.2 Å². The summed E-state index contributed by atoms with van der Waals surface area (Å²) < 4.78 is 0. The zero-order valence-corrected chi connectivity index (χ0v) is 9.48. The smallest absolute Gasteiger partial charge is 0.140 e. The van der Waals surface area contributed by atoms with Crippen molar-refractivity contribution in [2.24, 2.45) is 0 Å². The van der Waals surface area contributed by atoms with Gasteiger partial charge in [-0.2, -0.15) is 5.26 Å². The first-order valence-electron chi connectivity index (χ1n) is 5.62.